The fourth-order valence-corrected chi connectivity index (χ4v) is 1.76. The van der Waals surface area contributed by atoms with Gasteiger partial charge in [-0.2, -0.15) is 13.2 Å². The molecule has 0 aromatic heterocycles. The second kappa shape index (κ2) is 3.90. The number of hydrogen-bond donors (Lipinski definition) is 1. The molecule has 0 spiro atoms. The van der Waals surface area contributed by atoms with Crippen molar-refractivity contribution in [3.8, 4) is 0 Å². The molecule has 0 aliphatic heterocycles. The quantitative estimate of drug-likeness (QED) is 0.830. The first-order valence-electron chi connectivity index (χ1n) is 3.90. The highest BCUT2D eigenvalue weighted by molar-refractivity contribution is 9.10. The third-order valence-corrected chi connectivity index (χ3v) is 2.23. The Bertz CT molecular complexity index is 315. The summed E-state index contributed by atoms with van der Waals surface area (Å²) in [7, 11) is 0. The van der Waals surface area contributed by atoms with Gasteiger partial charge in [0.25, 0.3) is 0 Å². The zero-order valence-electron chi connectivity index (χ0n) is 7.40. The fourth-order valence-electron chi connectivity index (χ4n) is 1.13. The van der Waals surface area contributed by atoms with Gasteiger partial charge in [-0.3, -0.25) is 0 Å². The van der Waals surface area contributed by atoms with Crippen molar-refractivity contribution >= 4 is 15.9 Å². The Labute approximate surface area is 88.2 Å². The van der Waals surface area contributed by atoms with Gasteiger partial charge in [-0.1, -0.05) is 22.0 Å². The lowest BCUT2D eigenvalue weighted by molar-refractivity contribution is -0.149. The van der Waals surface area contributed by atoms with E-state index in [1.165, 1.54) is 12.1 Å². The first kappa shape index (κ1) is 11.5. The number of rotatable bonds is 1. The van der Waals surface area contributed by atoms with E-state index in [0.717, 1.165) is 5.56 Å². The predicted molar refractivity (Wildman–Crippen MR) is 51.9 cm³/mol. The fraction of sp³-hybridized carbons (Fsp3) is 0.333. The summed E-state index contributed by atoms with van der Waals surface area (Å²) in [4.78, 5) is 0. The van der Waals surface area contributed by atoms with E-state index < -0.39 is 12.2 Å². The maximum atomic E-state index is 12.3. The number of benzene rings is 1. The summed E-state index contributed by atoms with van der Waals surface area (Å²) in [6, 6.07) is 2.62. The van der Waals surface area contributed by atoms with Crippen LogP contribution in [0, 0.1) is 6.92 Å². The largest absolute Gasteiger partial charge is 0.407 e. The number of alkyl halides is 3. The van der Waals surface area contributed by atoms with Crippen molar-refractivity contribution in [2.45, 2.75) is 19.1 Å². The topological polar surface area (TPSA) is 26.0 Å². The first-order chi connectivity index (χ1) is 6.30. The Morgan fingerprint density at radius 2 is 1.86 bits per heavy atom. The second-order valence-electron chi connectivity index (χ2n) is 3.08. The van der Waals surface area contributed by atoms with Crippen molar-refractivity contribution in [2.24, 2.45) is 5.73 Å². The molecule has 1 atom stereocenters. The Hall–Kier alpha value is -0.550. The van der Waals surface area contributed by atoms with Crippen molar-refractivity contribution in [1.82, 2.24) is 0 Å². The summed E-state index contributed by atoms with van der Waals surface area (Å²) in [5.74, 6) is 0. The summed E-state index contributed by atoms with van der Waals surface area (Å²) < 4.78 is 37.4. The molecule has 5 heteroatoms. The lowest BCUT2D eigenvalue weighted by Gasteiger charge is -2.16. The van der Waals surface area contributed by atoms with Crippen LogP contribution in [0.2, 0.25) is 0 Å². The summed E-state index contributed by atoms with van der Waals surface area (Å²) in [6.45, 7) is 1.72. The van der Waals surface area contributed by atoms with Crippen LogP contribution in [0.1, 0.15) is 17.2 Å². The van der Waals surface area contributed by atoms with Crippen molar-refractivity contribution in [3.05, 3.63) is 33.8 Å². The van der Waals surface area contributed by atoms with E-state index >= 15 is 0 Å². The van der Waals surface area contributed by atoms with Gasteiger partial charge < -0.3 is 5.73 Å². The number of aryl methyl sites for hydroxylation is 1. The molecule has 0 fully saturated rings. The Morgan fingerprint density at radius 3 is 2.29 bits per heavy atom. The monoisotopic (exact) mass is 267 g/mol. The molecule has 0 aliphatic rings. The van der Waals surface area contributed by atoms with Crippen LogP contribution in [0.5, 0.6) is 0 Å². The van der Waals surface area contributed by atoms with Crippen molar-refractivity contribution in [1.29, 1.82) is 0 Å². The smallest absolute Gasteiger partial charge is 0.316 e. The summed E-state index contributed by atoms with van der Waals surface area (Å²) in [5, 5.41) is 0. The van der Waals surface area contributed by atoms with Gasteiger partial charge in [0.2, 0.25) is 0 Å². The molecule has 0 radical (unpaired) electrons. The minimum absolute atomic E-state index is 0.0735. The number of hydrogen-bond acceptors (Lipinski definition) is 1. The number of nitrogens with two attached hydrogens (primary N) is 1. The van der Waals surface area contributed by atoms with E-state index in [9.17, 15) is 13.2 Å². The van der Waals surface area contributed by atoms with Gasteiger partial charge in [0.05, 0.1) is 0 Å². The molecule has 0 heterocycles. The van der Waals surface area contributed by atoms with Crippen LogP contribution in [0.25, 0.3) is 0 Å². The van der Waals surface area contributed by atoms with Gasteiger partial charge in [0.1, 0.15) is 6.04 Å². The lowest BCUT2D eigenvalue weighted by Crippen LogP contribution is -2.28. The molecule has 0 bridgehead atoms. The minimum atomic E-state index is -4.40. The standard InChI is InChI=1S/C9H9BrF3N/c1-5-2-6(4-7(10)3-5)8(14)9(11,12)13/h2-4,8H,14H2,1H3. The maximum absolute atomic E-state index is 12.3. The molecular formula is C9H9BrF3N. The third kappa shape index (κ3) is 2.72. The highest BCUT2D eigenvalue weighted by Crippen LogP contribution is 2.32. The SMILES string of the molecule is Cc1cc(Br)cc(C(N)C(F)(F)F)c1. The molecule has 78 valence electrons. The summed E-state index contributed by atoms with van der Waals surface area (Å²) in [5.41, 5.74) is 5.88. The maximum Gasteiger partial charge on any atom is 0.407 e. The van der Waals surface area contributed by atoms with Crippen LogP contribution in [0.3, 0.4) is 0 Å². The molecule has 14 heavy (non-hydrogen) atoms. The van der Waals surface area contributed by atoms with Crippen LogP contribution >= 0.6 is 15.9 Å². The highest BCUT2D eigenvalue weighted by atomic mass is 79.9. The normalized spacial score (nSPS) is 14.1. The second-order valence-corrected chi connectivity index (χ2v) is 4.00. The molecule has 1 unspecified atom stereocenters. The average molecular weight is 268 g/mol. The van der Waals surface area contributed by atoms with Gasteiger partial charge in [-0.15, -0.1) is 0 Å². The highest BCUT2D eigenvalue weighted by Gasteiger charge is 2.37. The summed E-state index contributed by atoms with van der Waals surface area (Å²) in [6.07, 6.45) is -4.40. The molecule has 0 amide bonds. The van der Waals surface area contributed by atoms with E-state index in [2.05, 4.69) is 15.9 Å². The molecule has 1 aromatic rings. The third-order valence-electron chi connectivity index (χ3n) is 1.78. The molecule has 0 saturated heterocycles. The molecule has 1 aromatic carbocycles. The van der Waals surface area contributed by atoms with Crippen molar-refractivity contribution < 1.29 is 13.2 Å². The van der Waals surface area contributed by atoms with Crippen molar-refractivity contribution in [3.63, 3.8) is 0 Å². The zero-order valence-corrected chi connectivity index (χ0v) is 8.98. The van der Waals surface area contributed by atoms with Gasteiger partial charge in [-0.25, -0.2) is 0 Å². The molecule has 2 N–H and O–H groups in total. The molecule has 0 aliphatic carbocycles. The Balaban J connectivity index is 3.07. The molecule has 0 saturated carbocycles. The molecule has 1 rings (SSSR count). The van der Waals surface area contributed by atoms with E-state index in [4.69, 9.17) is 5.73 Å². The van der Waals surface area contributed by atoms with Crippen LogP contribution < -0.4 is 5.73 Å². The molecule has 1 nitrogen and oxygen atoms in total. The average Bonchev–Trinajstić information content (AvgIpc) is 1.99. The Kier molecular flexibility index (Phi) is 3.21. The van der Waals surface area contributed by atoms with Gasteiger partial charge >= 0.3 is 6.18 Å². The van der Waals surface area contributed by atoms with Gasteiger partial charge in [0, 0.05) is 4.47 Å². The molecular weight excluding hydrogens is 259 g/mol. The van der Waals surface area contributed by atoms with E-state index in [1.54, 1.807) is 13.0 Å². The number of halogens is 4. The van der Waals surface area contributed by atoms with E-state index in [0.29, 0.717) is 4.47 Å². The predicted octanol–water partition coefficient (Wildman–Crippen LogP) is 3.32. The van der Waals surface area contributed by atoms with Crippen LogP contribution in [-0.4, -0.2) is 6.18 Å². The van der Waals surface area contributed by atoms with E-state index in [1.807, 2.05) is 0 Å². The summed E-state index contributed by atoms with van der Waals surface area (Å²) >= 11 is 3.13. The van der Waals surface area contributed by atoms with Gasteiger partial charge in [0.15, 0.2) is 0 Å². The van der Waals surface area contributed by atoms with Gasteiger partial charge in [-0.05, 0) is 30.2 Å². The Morgan fingerprint density at radius 1 is 1.29 bits per heavy atom. The van der Waals surface area contributed by atoms with Crippen LogP contribution in [-0.2, 0) is 0 Å². The van der Waals surface area contributed by atoms with E-state index in [-0.39, 0.29) is 5.56 Å². The zero-order chi connectivity index (χ0) is 10.9. The van der Waals surface area contributed by atoms with Crippen LogP contribution in [0.15, 0.2) is 22.7 Å². The van der Waals surface area contributed by atoms with Crippen molar-refractivity contribution in [2.75, 3.05) is 0 Å². The lowest BCUT2D eigenvalue weighted by atomic mass is 10.1. The van der Waals surface area contributed by atoms with Crippen LogP contribution in [0.4, 0.5) is 13.2 Å². The first-order valence-corrected chi connectivity index (χ1v) is 4.69. The minimum Gasteiger partial charge on any atom is -0.316 e.